The lowest BCUT2D eigenvalue weighted by molar-refractivity contribution is 0.387. The molecule has 0 aliphatic carbocycles. The van der Waals surface area contributed by atoms with E-state index < -0.39 is 0 Å². The second-order valence-corrected chi connectivity index (χ2v) is 3.21. The summed E-state index contributed by atoms with van der Waals surface area (Å²) in [5, 5.41) is 12.3. The summed E-state index contributed by atoms with van der Waals surface area (Å²) < 4.78 is 4.94. The summed E-state index contributed by atoms with van der Waals surface area (Å²) in [7, 11) is 0. The van der Waals surface area contributed by atoms with Crippen molar-refractivity contribution < 1.29 is 4.52 Å². The molecule has 0 unspecified atom stereocenters. The highest BCUT2D eigenvalue weighted by Gasteiger charge is 2.12. The van der Waals surface area contributed by atoms with Gasteiger partial charge in [0, 0.05) is 6.20 Å². The Morgan fingerprint density at radius 2 is 2.38 bits per heavy atom. The van der Waals surface area contributed by atoms with Gasteiger partial charge in [0.05, 0.1) is 6.07 Å². The van der Waals surface area contributed by atoms with E-state index in [9.17, 15) is 0 Å². The van der Waals surface area contributed by atoms with Gasteiger partial charge in [-0.3, -0.25) is 4.98 Å². The third-order valence-corrected chi connectivity index (χ3v) is 2.18. The van der Waals surface area contributed by atoms with E-state index >= 15 is 0 Å². The molecule has 5 heteroatoms. The van der Waals surface area contributed by atoms with Gasteiger partial charge in [0.25, 0.3) is 0 Å². The zero-order valence-electron chi connectivity index (χ0n) is 8.84. The lowest BCUT2D eigenvalue weighted by atomic mass is 10.1. The first-order valence-corrected chi connectivity index (χ1v) is 4.99. The van der Waals surface area contributed by atoms with Gasteiger partial charge in [0.15, 0.2) is 0 Å². The highest BCUT2D eigenvalue weighted by atomic mass is 16.5. The molecular weight excluding hydrogens is 204 g/mol. The summed E-state index contributed by atoms with van der Waals surface area (Å²) in [4.78, 5) is 8.34. The SMILES string of the molecule is CCc1cccnc1-c1noc(CC#N)n1. The maximum Gasteiger partial charge on any atom is 0.241 e. The molecular formula is C11H10N4O. The predicted molar refractivity (Wildman–Crippen MR) is 56.2 cm³/mol. The van der Waals surface area contributed by atoms with Gasteiger partial charge in [-0.1, -0.05) is 18.1 Å². The maximum atomic E-state index is 8.51. The van der Waals surface area contributed by atoms with Crippen molar-refractivity contribution in [2.75, 3.05) is 0 Å². The monoisotopic (exact) mass is 214 g/mol. The minimum Gasteiger partial charge on any atom is -0.338 e. The molecule has 0 fully saturated rings. The molecule has 0 aliphatic rings. The Kier molecular flexibility index (Phi) is 2.92. The molecule has 0 spiro atoms. The van der Waals surface area contributed by atoms with Crippen molar-refractivity contribution in [1.82, 2.24) is 15.1 Å². The van der Waals surface area contributed by atoms with Gasteiger partial charge in [-0.2, -0.15) is 10.2 Å². The number of aromatic nitrogens is 3. The Balaban J connectivity index is 2.39. The number of nitrogens with zero attached hydrogens (tertiary/aromatic N) is 4. The van der Waals surface area contributed by atoms with Crippen LogP contribution in [-0.4, -0.2) is 15.1 Å². The molecule has 2 rings (SSSR count). The molecule has 0 saturated heterocycles. The Bertz CT molecular complexity index is 527. The Morgan fingerprint density at radius 3 is 3.12 bits per heavy atom. The van der Waals surface area contributed by atoms with Crippen LogP contribution in [-0.2, 0) is 12.8 Å². The number of nitriles is 1. The van der Waals surface area contributed by atoms with E-state index in [1.54, 1.807) is 6.20 Å². The average Bonchev–Trinajstić information content (AvgIpc) is 2.78. The van der Waals surface area contributed by atoms with E-state index in [0.717, 1.165) is 17.7 Å². The molecule has 0 N–H and O–H groups in total. The fourth-order valence-corrected chi connectivity index (χ4v) is 1.42. The van der Waals surface area contributed by atoms with Crippen LogP contribution in [0.1, 0.15) is 18.4 Å². The molecule has 2 aromatic heterocycles. The number of aryl methyl sites for hydroxylation is 1. The van der Waals surface area contributed by atoms with Crippen LogP contribution in [0.5, 0.6) is 0 Å². The van der Waals surface area contributed by atoms with E-state index in [1.807, 2.05) is 25.1 Å². The van der Waals surface area contributed by atoms with Crippen LogP contribution in [0, 0.1) is 11.3 Å². The summed E-state index contributed by atoms with van der Waals surface area (Å²) >= 11 is 0. The van der Waals surface area contributed by atoms with Crippen LogP contribution < -0.4 is 0 Å². The van der Waals surface area contributed by atoms with Crippen LogP contribution in [0.3, 0.4) is 0 Å². The quantitative estimate of drug-likeness (QED) is 0.778. The maximum absolute atomic E-state index is 8.51. The molecule has 2 heterocycles. The molecule has 5 nitrogen and oxygen atoms in total. The normalized spacial score (nSPS) is 10.0. The molecule has 80 valence electrons. The smallest absolute Gasteiger partial charge is 0.241 e. The zero-order chi connectivity index (χ0) is 11.4. The molecule has 0 aromatic carbocycles. The lowest BCUT2D eigenvalue weighted by Crippen LogP contribution is -1.92. The molecule has 0 aliphatic heterocycles. The highest BCUT2D eigenvalue weighted by Crippen LogP contribution is 2.18. The van der Waals surface area contributed by atoms with Crippen molar-refractivity contribution >= 4 is 0 Å². The Hall–Kier alpha value is -2.22. The van der Waals surface area contributed by atoms with Gasteiger partial charge < -0.3 is 4.52 Å². The molecule has 2 aromatic rings. The first kappa shape index (κ1) is 10.3. The number of hydrogen-bond acceptors (Lipinski definition) is 5. The van der Waals surface area contributed by atoms with Crippen LogP contribution >= 0.6 is 0 Å². The lowest BCUT2D eigenvalue weighted by Gasteiger charge is -2.00. The third kappa shape index (κ3) is 1.91. The second-order valence-electron chi connectivity index (χ2n) is 3.21. The van der Waals surface area contributed by atoms with E-state index in [1.165, 1.54) is 0 Å². The number of rotatable bonds is 3. The van der Waals surface area contributed by atoms with Crippen molar-refractivity contribution in [1.29, 1.82) is 5.26 Å². The molecule has 0 atom stereocenters. The fraction of sp³-hybridized carbons (Fsp3) is 0.273. The van der Waals surface area contributed by atoms with Gasteiger partial charge >= 0.3 is 0 Å². The van der Waals surface area contributed by atoms with Gasteiger partial charge in [-0.25, -0.2) is 0 Å². The predicted octanol–water partition coefficient (Wildman–Crippen LogP) is 1.76. The largest absolute Gasteiger partial charge is 0.338 e. The highest BCUT2D eigenvalue weighted by molar-refractivity contribution is 5.53. The zero-order valence-corrected chi connectivity index (χ0v) is 8.84. The first-order valence-electron chi connectivity index (χ1n) is 4.99. The van der Waals surface area contributed by atoms with E-state index in [-0.39, 0.29) is 6.42 Å². The average molecular weight is 214 g/mol. The van der Waals surface area contributed by atoms with Crippen molar-refractivity contribution in [2.24, 2.45) is 0 Å². The summed E-state index contributed by atoms with van der Waals surface area (Å²) in [5.74, 6) is 0.771. The number of hydrogen-bond donors (Lipinski definition) is 0. The molecule has 16 heavy (non-hydrogen) atoms. The minimum absolute atomic E-state index is 0.126. The van der Waals surface area contributed by atoms with E-state index in [2.05, 4.69) is 15.1 Å². The first-order chi connectivity index (χ1) is 7.85. The van der Waals surface area contributed by atoms with Crippen molar-refractivity contribution in [2.45, 2.75) is 19.8 Å². The second kappa shape index (κ2) is 4.53. The van der Waals surface area contributed by atoms with E-state index in [4.69, 9.17) is 9.78 Å². The summed E-state index contributed by atoms with van der Waals surface area (Å²) in [5.41, 5.74) is 1.78. The molecule has 0 saturated carbocycles. The topological polar surface area (TPSA) is 75.6 Å². The summed E-state index contributed by atoms with van der Waals surface area (Å²) in [6.45, 7) is 2.04. The van der Waals surface area contributed by atoms with Gasteiger partial charge in [0.2, 0.25) is 11.7 Å². The molecule has 0 radical (unpaired) electrons. The number of pyridine rings is 1. The van der Waals surface area contributed by atoms with Crippen LogP contribution in [0.2, 0.25) is 0 Å². The minimum atomic E-state index is 0.126. The standard InChI is InChI=1S/C11H10N4O/c1-2-8-4-3-7-13-10(8)11-14-9(5-6-12)16-15-11/h3-4,7H,2,5H2,1H3. The van der Waals surface area contributed by atoms with Crippen molar-refractivity contribution in [3.8, 4) is 17.6 Å². The van der Waals surface area contributed by atoms with Gasteiger partial charge in [-0.15, -0.1) is 0 Å². The van der Waals surface area contributed by atoms with Gasteiger partial charge in [-0.05, 0) is 18.1 Å². The fourth-order valence-electron chi connectivity index (χ4n) is 1.42. The van der Waals surface area contributed by atoms with Crippen LogP contribution in [0.25, 0.3) is 11.5 Å². The third-order valence-electron chi connectivity index (χ3n) is 2.18. The van der Waals surface area contributed by atoms with Crippen LogP contribution in [0.4, 0.5) is 0 Å². The van der Waals surface area contributed by atoms with Crippen LogP contribution in [0.15, 0.2) is 22.9 Å². The van der Waals surface area contributed by atoms with E-state index in [0.29, 0.717) is 11.7 Å². The van der Waals surface area contributed by atoms with Gasteiger partial charge in [0.1, 0.15) is 12.1 Å². The summed E-state index contributed by atoms with van der Waals surface area (Å²) in [6.07, 6.45) is 2.67. The van der Waals surface area contributed by atoms with Crippen molar-refractivity contribution in [3.05, 3.63) is 29.8 Å². The van der Waals surface area contributed by atoms with Crippen molar-refractivity contribution in [3.63, 3.8) is 0 Å². The Labute approximate surface area is 92.7 Å². The molecule has 0 amide bonds. The summed E-state index contributed by atoms with van der Waals surface area (Å²) in [6, 6.07) is 5.81. The Morgan fingerprint density at radius 1 is 1.50 bits per heavy atom. The molecule has 0 bridgehead atoms.